The highest BCUT2D eigenvalue weighted by atomic mass is 35.5. The molecule has 0 aliphatic rings. The third-order valence-corrected chi connectivity index (χ3v) is 3.93. The van der Waals surface area contributed by atoms with Gasteiger partial charge in [0.15, 0.2) is 0 Å². The Morgan fingerprint density at radius 1 is 1.41 bits per heavy atom. The monoisotopic (exact) mass is 321 g/mol. The van der Waals surface area contributed by atoms with Crippen molar-refractivity contribution in [1.29, 1.82) is 0 Å². The van der Waals surface area contributed by atoms with Crippen molar-refractivity contribution in [2.45, 2.75) is 25.9 Å². The summed E-state index contributed by atoms with van der Waals surface area (Å²) < 4.78 is 1.55. The first-order chi connectivity index (χ1) is 10.5. The van der Waals surface area contributed by atoms with Gasteiger partial charge in [-0.05, 0) is 12.5 Å². The fourth-order valence-electron chi connectivity index (χ4n) is 2.29. The number of aliphatic hydroxyl groups is 1. The molecule has 0 fully saturated rings. The van der Waals surface area contributed by atoms with Gasteiger partial charge in [0.1, 0.15) is 5.15 Å². The van der Waals surface area contributed by atoms with Crippen LogP contribution in [0.4, 0.5) is 0 Å². The van der Waals surface area contributed by atoms with Crippen LogP contribution in [0, 0.1) is 6.92 Å². The second-order valence-electron chi connectivity index (χ2n) is 5.30. The smallest absolute Gasteiger partial charge is 0.224 e. The second-order valence-corrected chi connectivity index (χ2v) is 5.66. The number of aryl methyl sites for hydroxylation is 2. The Morgan fingerprint density at radius 2 is 2.09 bits per heavy atom. The van der Waals surface area contributed by atoms with Crippen LogP contribution >= 0.6 is 11.6 Å². The number of carbonyl (C=O) groups is 1. The minimum Gasteiger partial charge on any atom is -0.391 e. The topological polar surface area (TPSA) is 67.2 Å². The highest BCUT2D eigenvalue weighted by Gasteiger charge is 2.15. The van der Waals surface area contributed by atoms with E-state index >= 15 is 0 Å². The zero-order chi connectivity index (χ0) is 16.1. The molecule has 0 radical (unpaired) electrons. The summed E-state index contributed by atoms with van der Waals surface area (Å²) in [6.45, 7) is 2.03. The molecule has 0 spiro atoms. The number of carbonyl (C=O) groups excluding carboxylic acids is 1. The van der Waals surface area contributed by atoms with Crippen LogP contribution in [0.15, 0.2) is 30.3 Å². The lowest BCUT2D eigenvalue weighted by atomic mass is 10.1. The van der Waals surface area contributed by atoms with Crippen molar-refractivity contribution in [3.05, 3.63) is 52.3 Å². The number of nitrogens with one attached hydrogen (secondary N) is 1. The minimum absolute atomic E-state index is 0.163. The number of amides is 1. The molecule has 0 saturated heterocycles. The first-order valence-corrected chi connectivity index (χ1v) is 7.52. The molecular weight excluding hydrogens is 302 g/mol. The van der Waals surface area contributed by atoms with E-state index in [2.05, 4.69) is 10.4 Å². The maximum absolute atomic E-state index is 12.0. The van der Waals surface area contributed by atoms with Crippen LogP contribution in [0.3, 0.4) is 0 Å². The van der Waals surface area contributed by atoms with E-state index < -0.39 is 6.10 Å². The van der Waals surface area contributed by atoms with E-state index in [4.69, 9.17) is 11.6 Å². The summed E-state index contributed by atoms with van der Waals surface area (Å²) in [5, 5.41) is 17.3. The average molecular weight is 322 g/mol. The van der Waals surface area contributed by atoms with Gasteiger partial charge in [0.2, 0.25) is 5.91 Å². The van der Waals surface area contributed by atoms with Gasteiger partial charge in [-0.2, -0.15) is 5.10 Å². The Morgan fingerprint density at radius 3 is 2.68 bits per heavy atom. The molecular formula is C16H20ClN3O2. The molecule has 1 amide bonds. The molecule has 2 N–H and O–H groups in total. The highest BCUT2D eigenvalue weighted by molar-refractivity contribution is 6.30. The average Bonchev–Trinajstić information content (AvgIpc) is 2.73. The van der Waals surface area contributed by atoms with Crippen molar-refractivity contribution in [2.24, 2.45) is 7.05 Å². The molecule has 1 atom stereocenters. The largest absolute Gasteiger partial charge is 0.391 e. The Balaban J connectivity index is 1.82. The van der Waals surface area contributed by atoms with Crippen LogP contribution in [0.25, 0.3) is 0 Å². The summed E-state index contributed by atoms with van der Waals surface area (Å²) >= 11 is 6.10. The lowest BCUT2D eigenvalue weighted by molar-refractivity contribution is -0.120. The van der Waals surface area contributed by atoms with Gasteiger partial charge in [0.25, 0.3) is 0 Å². The number of rotatable bonds is 6. The van der Waals surface area contributed by atoms with Crippen LogP contribution in [0.1, 0.15) is 16.8 Å². The molecule has 6 heteroatoms. The van der Waals surface area contributed by atoms with Gasteiger partial charge in [-0.3, -0.25) is 9.48 Å². The first-order valence-electron chi connectivity index (χ1n) is 7.14. The zero-order valence-electron chi connectivity index (χ0n) is 12.7. The molecule has 1 unspecified atom stereocenters. The Hall–Kier alpha value is -1.85. The van der Waals surface area contributed by atoms with Gasteiger partial charge >= 0.3 is 0 Å². The zero-order valence-corrected chi connectivity index (χ0v) is 13.5. The molecule has 0 bridgehead atoms. The van der Waals surface area contributed by atoms with Crippen molar-refractivity contribution in [2.75, 3.05) is 6.54 Å². The molecule has 2 rings (SSSR count). The molecule has 1 aromatic carbocycles. The van der Waals surface area contributed by atoms with E-state index in [0.717, 1.165) is 16.8 Å². The second kappa shape index (κ2) is 7.42. The van der Waals surface area contributed by atoms with E-state index in [1.165, 1.54) is 0 Å². The van der Waals surface area contributed by atoms with Crippen molar-refractivity contribution in [3.63, 3.8) is 0 Å². The van der Waals surface area contributed by atoms with Gasteiger partial charge in [-0.25, -0.2) is 0 Å². The van der Waals surface area contributed by atoms with Gasteiger partial charge in [0.05, 0.1) is 18.2 Å². The number of nitrogens with zero attached hydrogens (tertiary/aromatic N) is 2. The molecule has 2 aromatic rings. The van der Waals surface area contributed by atoms with Gasteiger partial charge < -0.3 is 10.4 Å². The maximum Gasteiger partial charge on any atom is 0.224 e. The first kappa shape index (κ1) is 16.5. The summed E-state index contributed by atoms with van der Waals surface area (Å²) in [7, 11) is 1.74. The quantitative estimate of drug-likeness (QED) is 0.850. The molecule has 0 aliphatic carbocycles. The minimum atomic E-state index is -0.614. The molecule has 1 aromatic heterocycles. The summed E-state index contributed by atoms with van der Waals surface area (Å²) in [4.78, 5) is 12.0. The van der Waals surface area contributed by atoms with E-state index in [1.54, 1.807) is 11.7 Å². The number of hydrogen-bond donors (Lipinski definition) is 2. The summed E-state index contributed by atoms with van der Waals surface area (Å²) in [6.07, 6.45) is 0.0569. The van der Waals surface area contributed by atoms with E-state index in [0.29, 0.717) is 11.6 Å². The lowest BCUT2D eigenvalue weighted by Gasteiger charge is -2.12. The number of aliphatic hydroxyl groups excluding tert-OH is 1. The predicted octanol–water partition coefficient (Wildman–Crippen LogP) is 1.64. The molecule has 1 heterocycles. The fourth-order valence-corrected chi connectivity index (χ4v) is 2.53. The molecule has 22 heavy (non-hydrogen) atoms. The van der Waals surface area contributed by atoms with Crippen molar-refractivity contribution in [3.8, 4) is 0 Å². The molecule has 118 valence electrons. The van der Waals surface area contributed by atoms with Crippen molar-refractivity contribution >= 4 is 17.5 Å². The Bertz CT molecular complexity index is 640. The van der Waals surface area contributed by atoms with Gasteiger partial charge in [-0.1, -0.05) is 41.9 Å². The molecule has 5 nitrogen and oxygen atoms in total. The number of aromatic nitrogens is 2. The van der Waals surface area contributed by atoms with Crippen LogP contribution in [0.2, 0.25) is 5.15 Å². The maximum atomic E-state index is 12.0. The third-order valence-electron chi connectivity index (χ3n) is 3.46. The van der Waals surface area contributed by atoms with E-state index in [9.17, 15) is 9.90 Å². The van der Waals surface area contributed by atoms with Crippen LogP contribution in [-0.4, -0.2) is 33.4 Å². The summed E-state index contributed by atoms with van der Waals surface area (Å²) in [6, 6.07) is 9.67. The van der Waals surface area contributed by atoms with Crippen molar-refractivity contribution < 1.29 is 9.90 Å². The lowest BCUT2D eigenvalue weighted by Crippen LogP contribution is -2.34. The standard InChI is InChI=1S/C16H20ClN3O2/c1-11-14(16(17)20(2)19-11)9-15(22)18-10-13(21)8-12-6-4-3-5-7-12/h3-7,13,21H,8-10H2,1-2H3,(H,18,22). The van der Waals surface area contributed by atoms with E-state index in [1.807, 2.05) is 37.3 Å². The third kappa shape index (κ3) is 4.32. The number of hydrogen-bond acceptors (Lipinski definition) is 3. The molecule has 0 aliphatic heterocycles. The van der Waals surface area contributed by atoms with Gasteiger partial charge in [-0.15, -0.1) is 0 Å². The van der Waals surface area contributed by atoms with Crippen LogP contribution in [-0.2, 0) is 24.7 Å². The highest BCUT2D eigenvalue weighted by Crippen LogP contribution is 2.18. The van der Waals surface area contributed by atoms with Gasteiger partial charge in [0, 0.05) is 25.6 Å². The molecule has 0 saturated carbocycles. The SMILES string of the molecule is Cc1nn(C)c(Cl)c1CC(=O)NCC(O)Cc1ccccc1. The summed E-state index contributed by atoms with van der Waals surface area (Å²) in [5.74, 6) is -0.176. The predicted molar refractivity (Wildman–Crippen MR) is 85.8 cm³/mol. The van der Waals surface area contributed by atoms with Crippen LogP contribution in [0.5, 0.6) is 0 Å². The fraction of sp³-hybridized carbons (Fsp3) is 0.375. The Labute approximate surface area is 134 Å². The van der Waals surface area contributed by atoms with E-state index in [-0.39, 0.29) is 18.9 Å². The normalized spacial score (nSPS) is 12.2. The van der Waals surface area contributed by atoms with Crippen LogP contribution < -0.4 is 5.32 Å². The number of benzene rings is 1. The number of halogens is 1. The van der Waals surface area contributed by atoms with Crippen molar-refractivity contribution in [1.82, 2.24) is 15.1 Å². The summed E-state index contributed by atoms with van der Waals surface area (Å²) in [5.41, 5.74) is 2.50. The Kier molecular flexibility index (Phi) is 5.57.